The molecule has 0 aromatic carbocycles. The van der Waals surface area contributed by atoms with Crippen LogP contribution in [0.2, 0.25) is 0 Å². The molecule has 2 aliphatic heterocycles. The van der Waals surface area contributed by atoms with Gasteiger partial charge in [0.1, 0.15) is 10.8 Å². The minimum absolute atomic E-state index is 0.0870. The highest BCUT2D eigenvalue weighted by molar-refractivity contribution is 7.89. The number of rotatable bonds is 4. The van der Waals surface area contributed by atoms with E-state index >= 15 is 0 Å². The summed E-state index contributed by atoms with van der Waals surface area (Å²) >= 11 is 0. The molecule has 1 N–H and O–H groups in total. The smallest absolute Gasteiger partial charge is 0.426 e. The number of piperidine rings is 1. The van der Waals surface area contributed by atoms with E-state index in [1.54, 1.807) is 18.5 Å². The first-order valence-corrected chi connectivity index (χ1v) is 11.3. The van der Waals surface area contributed by atoms with Crippen molar-refractivity contribution in [2.75, 3.05) is 26.2 Å². The average Bonchev–Trinajstić information content (AvgIpc) is 3.10. The van der Waals surface area contributed by atoms with Gasteiger partial charge >= 0.3 is 6.18 Å². The van der Waals surface area contributed by atoms with Gasteiger partial charge in [0, 0.05) is 37.9 Å². The first kappa shape index (κ1) is 22.0. The molecule has 4 rings (SSSR count). The van der Waals surface area contributed by atoms with Gasteiger partial charge in [-0.15, -0.1) is 0 Å². The number of pyridine rings is 1. The van der Waals surface area contributed by atoms with Gasteiger partial charge in [-0.25, -0.2) is 12.7 Å². The van der Waals surface area contributed by atoms with E-state index in [4.69, 9.17) is 4.42 Å². The average molecular weight is 461 g/mol. The van der Waals surface area contributed by atoms with Gasteiger partial charge in [0.05, 0.1) is 6.26 Å². The zero-order valence-corrected chi connectivity index (χ0v) is 17.5. The molecule has 2 aromatic rings. The van der Waals surface area contributed by atoms with Crippen molar-refractivity contribution in [1.29, 1.82) is 0 Å². The van der Waals surface area contributed by atoms with Gasteiger partial charge < -0.3 is 14.4 Å². The van der Waals surface area contributed by atoms with Crippen molar-refractivity contribution in [2.24, 2.45) is 0 Å². The first-order valence-electron chi connectivity index (χ1n) is 9.82. The highest BCUT2D eigenvalue weighted by Crippen LogP contribution is 2.36. The molecule has 31 heavy (non-hydrogen) atoms. The Morgan fingerprint density at radius 1 is 1.26 bits per heavy atom. The van der Waals surface area contributed by atoms with Crippen LogP contribution in [0.25, 0.3) is 11.1 Å². The van der Waals surface area contributed by atoms with Gasteiger partial charge in [-0.1, -0.05) is 0 Å². The van der Waals surface area contributed by atoms with Crippen molar-refractivity contribution in [2.45, 2.75) is 42.7 Å². The number of likely N-dealkylation sites (tertiary alicyclic amines) is 1. The summed E-state index contributed by atoms with van der Waals surface area (Å²) in [5.41, 5.74) is -1.18. The van der Waals surface area contributed by atoms with Gasteiger partial charge in [-0.3, -0.25) is 9.78 Å². The Bertz CT molecular complexity index is 1080. The van der Waals surface area contributed by atoms with Crippen molar-refractivity contribution < 1.29 is 35.9 Å². The second-order valence-corrected chi connectivity index (χ2v) is 10.4. The van der Waals surface area contributed by atoms with Crippen LogP contribution in [-0.2, 0) is 14.8 Å². The Kier molecular flexibility index (Phi) is 5.30. The van der Waals surface area contributed by atoms with Crippen LogP contribution >= 0.6 is 0 Å². The normalized spacial score (nSPS) is 21.8. The second-order valence-electron chi connectivity index (χ2n) is 8.16. The zero-order valence-electron chi connectivity index (χ0n) is 16.7. The lowest BCUT2D eigenvalue weighted by Gasteiger charge is -2.44. The number of halogens is 3. The number of nitrogens with zero attached hydrogens (tertiary/aromatic N) is 3. The monoisotopic (exact) mass is 461 g/mol. The van der Waals surface area contributed by atoms with Crippen LogP contribution in [0.4, 0.5) is 13.2 Å². The van der Waals surface area contributed by atoms with Gasteiger partial charge in [0.15, 0.2) is 5.58 Å². The number of fused-ring (bicyclic) bond motifs is 1. The number of carbonyl (C=O) groups excluding carboxylic acids is 1. The predicted octanol–water partition coefficient (Wildman–Crippen LogP) is 1.86. The summed E-state index contributed by atoms with van der Waals surface area (Å²) in [6.07, 6.45) is -0.706. The number of alkyl halides is 3. The largest absolute Gasteiger partial charge is 0.462 e. The SMILES string of the molecule is CC(O)(C(=O)N1CC(S(=O)(=O)N2CCC(c3coc4cccnc34)CC2)C1)C(F)(F)F. The molecule has 8 nitrogen and oxygen atoms in total. The summed E-state index contributed by atoms with van der Waals surface area (Å²) in [7, 11) is -3.77. The molecule has 1 unspecified atom stereocenters. The maximum atomic E-state index is 12.9. The van der Waals surface area contributed by atoms with Crippen LogP contribution < -0.4 is 0 Å². The fourth-order valence-corrected chi connectivity index (χ4v) is 5.91. The highest BCUT2D eigenvalue weighted by atomic mass is 32.2. The molecule has 1 amide bonds. The third-order valence-corrected chi connectivity index (χ3v) is 8.36. The van der Waals surface area contributed by atoms with Gasteiger partial charge in [0.25, 0.3) is 5.91 Å². The molecule has 0 aliphatic carbocycles. The third kappa shape index (κ3) is 3.70. The first-order chi connectivity index (χ1) is 14.4. The number of carbonyl (C=O) groups is 1. The van der Waals surface area contributed by atoms with Gasteiger partial charge in [-0.2, -0.15) is 13.2 Å². The van der Waals surface area contributed by atoms with E-state index in [9.17, 15) is 31.5 Å². The second kappa shape index (κ2) is 7.45. The fraction of sp³-hybridized carbons (Fsp3) is 0.579. The van der Waals surface area contributed by atoms with Gasteiger partial charge in [0.2, 0.25) is 15.6 Å². The van der Waals surface area contributed by atoms with E-state index in [0.717, 1.165) is 16.0 Å². The van der Waals surface area contributed by atoms with Crippen LogP contribution in [0.15, 0.2) is 29.0 Å². The van der Waals surface area contributed by atoms with Crippen molar-refractivity contribution in [3.05, 3.63) is 30.2 Å². The number of aliphatic hydroxyl groups is 1. The zero-order chi connectivity index (χ0) is 22.6. The quantitative estimate of drug-likeness (QED) is 0.746. The maximum Gasteiger partial charge on any atom is 0.426 e. The molecule has 2 saturated heterocycles. The number of amides is 1. The van der Waals surface area contributed by atoms with Crippen molar-refractivity contribution >= 4 is 27.0 Å². The van der Waals surface area contributed by atoms with Crippen LogP contribution in [0.3, 0.4) is 0 Å². The standard InChI is InChI=1S/C19H22F3N3O5S/c1-18(27,19(20,21)22)17(26)24-9-13(10-24)31(28,29)25-7-4-12(5-8-25)14-11-30-15-3-2-6-23-16(14)15/h2-3,6,11-13,27H,4-5,7-10H2,1H3. The summed E-state index contributed by atoms with van der Waals surface area (Å²) in [5.74, 6) is -1.45. The molecule has 0 bridgehead atoms. The number of furan rings is 1. The van der Waals surface area contributed by atoms with Crippen molar-refractivity contribution in [1.82, 2.24) is 14.2 Å². The number of hydrogen-bond donors (Lipinski definition) is 1. The maximum absolute atomic E-state index is 12.9. The lowest BCUT2D eigenvalue weighted by molar-refractivity contribution is -0.251. The molecule has 1 atom stereocenters. The minimum Gasteiger partial charge on any atom is -0.462 e. The minimum atomic E-state index is -5.14. The van der Waals surface area contributed by atoms with E-state index in [1.807, 2.05) is 6.07 Å². The fourth-order valence-electron chi connectivity index (χ4n) is 4.03. The summed E-state index contributed by atoms with van der Waals surface area (Å²) < 4.78 is 71.1. The molecule has 2 aliphatic rings. The van der Waals surface area contributed by atoms with Crippen LogP contribution in [0.5, 0.6) is 0 Å². The Balaban J connectivity index is 1.37. The number of hydrogen-bond acceptors (Lipinski definition) is 6. The van der Waals surface area contributed by atoms with Crippen LogP contribution in [-0.4, -0.2) is 76.8 Å². The Labute approximate surface area is 176 Å². The summed E-state index contributed by atoms with van der Waals surface area (Å²) in [4.78, 5) is 17.0. The summed E-state index contributed by atoms with van der Waals surface area (Å²) in [6, 6.07) is 3.58. The predicted molar refractivity (Wildman–Crippen MR) is 104 cm³/mol. The molecular formula is C19H22F3N3O5S. The molecule has 170 valence electrons. The lowest BCUT2D eigenvalue weighted by atomic mass is 9.91. The summed E-state index contributed by atoms with van der Waals surface area (Å²) in [6.45, 7) is 0.151. The van der Waals surface area contributed by atoms with Crippen molar-refractivity contribution in [3.63, 3.8) is 0 Å². The van der Waals surface area contributed by atoms with E-state index < -0.39 is 33.0 Å². The topological polar surface area (TPSA) is 104 Å². The van der Waals surface area contributed by atoms with Crippen LogP contribution in [0, 0.1) is 0 Å². The molecule has 0 radical (unpaired) electrons. The van der Waals surface area contributed by atoms with E-state index in [-0.39, 0.29) is 32.1 Å². The van der Waals surface area contributed by atoms with E-state index in [2.05, 4.69) is 4.98 Å². The number of sulfonamides is 1. The Morgan fingerprint density at radius 2 is 1.90 bits per heavy atom. The van der Waals surface area contributed by atoms with Crippen molar-refractivity contribution in [3.8, 4) is 0 Å². The lowest BCUT2D eigenvalue weighted by Crippen LogP contribution is -2.66. The van der Waals surface area contributed by atoms with E-state index in [1.165, 1.54) is 4.31 Å². The molecule has 0 spiro atoms. The van der Waals surface area contributed by atoms with E-state index in [0.29, 0.717) is 25.3 Å². The molecule has 2 fully saturated rings. The van der Waals surface area contributed by atoms with Crippen LogP contribution in [0.1, 0.15) is 31.2 Å². The third-order valence-electron chi connectivity index (χ3n) is 6.14. The molecule has 0 saturated carbocycles. The van der Waals surface area contributed by atoms with Gasteiger partial charge in [-0.05, 0) is 37.8 Å². The molecule has 2 aromatic heterocycles. The number of aromatic nitrogens is 1. The highest BCUT2D eigenvalue weighted by Gasteiger charge is 2.59. The molecule has 4 heterocycles. The Morgan fingerprint density at radius 3 is 2.52 bits per heavy atom. The summed E-state index contributed by atoms with van der Waals surface area (Å²) in [5, 5.41) is 8.52. The Hall–Kier alpha value is -2.18. The molecule has 12 heteroatoms. The molecular weight excluding hydrogens is 439 g/mol.